The Kier molecular flexibility index (Phi) is 3.36. The third kappa shape index (κ3) is 2.54. The molecule has 1 atom stereocenters. The average molecular weight is 285 g/mol. The van der Waals surface area contributed by atoms with E-state index in [4.69, 9.17) is 4.99 Å². The van der Waals surface area contributed by atoms with Gasteiger partial charge < -0.3 is 5.32 Å². The molecule has 112 valence electrons. The van der Waals surface area contributed by atoms with Gasteiger partial charge in [0.1, 0.15) is 5.84 Å². The number of amidine groups is 3. The molecule has 4 bridgehead atoms. The lowest BCUT2D eigenvalue weighted by Gasteiger charge is -2.40. The third-order valence-electron chi connectivity index (χ3n) is 4.74. The first kappa shape index (κ1) is 13.2. The van der Waals surface area contributed by atoms with Crippen LogP contribution in [0.4, 0.5) is 0 Å². The van der Waals surface area contributed by atoms with Crippen molar-refractivity contribution in [3.63, 3.8) is 0 Å². The summed E-state index contributed by atoms with van der Waals surface area (Å²) < 4.78 is 0. The highest BCUT2D eigenvalue weighted by atomic mass is 15.4. The summed E-state index contributed by atoms with van der Waals surface area (Å²) in [6, 6.07) is 0. The van der Waals surface area contributed by atoms with E-state index in [0.29, 0.717) is 0 Å². The van der Waals surface area contributed by atoms with Crippen molar-refractivity contribution < 1.29 is 0 Å². The van der Waals surface area contributed by atoms with Crippen molar-refractivity contribution in [3.05, 3.63) is 0 Å². The van der Waals surface area contributed by atoms with Crippen LogP contribution >= 0.6 is 0 Å². The van der Waals surface area contributed by atoms with Crippen LogP contribution in [0.5, 0.6) is 0 Å². The number of hydrogen-bond donors (Lipinski definition) is 1. The van der Waals surface area contributed by atoms with E-state index in [-0.39, 0.29) is 0 Å². The number of hydrogen-bond acceptors (Lipinski definition) is 5. The molecule has 0 aromatic heterocycles. The molecule has 0 saturated carbocycles. The Hall–Kier alpha value is -1.52. The minimum absolute atomic E-state index is 0.403. The molecule has 0 aliphatic carbocycles. The van der Waals surface area contributed by atoms with E-state index in [0.717, 1.165) is 36.1 Å². The molecule has 0 saturated heterocycles. The van der Waals surface area contributed by atoms with Gasteiger partial charge in [0, 0.05) is 12.8 Å². The average Bonchev–Trinajstić information content (AvgIpc) is 2.85. The maximum absolute atomic E-state index is 4.73. The first-order chi connectivity index (χ1) is 10.3. The van der Waals surface area contributed by atoms with Crippen molar-refractivity contribution in [2.24, 2.45) is 20.0 Å². The lowest BCUT2D eigenvalue weighted by Crippen LogP contribution is -2.63. The summed E-state index contributed by atoms with van der Waals surface area (Å²) in [4.78, 5) is 18.6. The third-order valence-corrected chi connectivity index (χ3v) is 4.74. The standard InChI is InChI=1S/C16H23N5/c1-2-4-6-8-10-12-17-13-14(18-12)19-16(20-15(13)21-16)11-9-7-5-3-1/h1-11H2,(H,20,21). The fraction of sp³-hybridized carbons (Fsp3) is 0.750. The van der Waals surface area contributed by atoms with Gasteiger partial charge in [0.2, 0.25) is 5.79 Å². The molecule has 0 fully saturated rings. The van der Waals surface area contributed by atoms with Gasteiger partial charge in [0.05, 0.1) is 0 Å². The predicted octanol–water partition coefficient (Wildman–Crippen LogP) is 3.21. The zero-order valence-electron chi connectivity index (χ0n) is 12.6. The molecule has 5 nitrogen and oxygen atoms in total. The van der Waals surface area contributed by atoms with E-state index in [1.807, 2.05) is 0 Å². The molecular weight excluding hydrogens is 262 g/mol. The van der Waals surface area contributed by atoms with Crippen LogP contribution in [-0.2, 0) is 0 Å². The summed E-state index contributed by atoms with van der Waals surface area (Å²) in [6.07, 6.45) is 13.8. The molecule has 0 amide bonds. The Labute approximate surface area is 125 Å². The van der Waals surface area contributed by atoms with Crippen molar-refractivity contribution in [1.82, 2.24) is 5.32 Å². The Morgan fingerprint density at radius 1 is 0.762 bits per heavy atom. The molecule has 5 heteroatoms. The smallest absolute Gasteiger partial charge is 0.230 e. The number of rotatable bonds is 0. The van der Waals surface area contributed by atoms with E-state index >= 15 is 0 Å². The van der Waals surface area contributed by atoms with Crippen LogP contribution in [0.15, 0.2) is 20.0 Å². The van der Waals surface area contributed by atoms with Gasteiger partial charge in [0.25, 0.3) is 0 Å². The van der Waals surface area contributed by atoms with Gasteiger partial charge in [-0.15, -0.1) is 0 Å². The van der Waals surface area contributed by atoms with E-state index in [1.165, 1.54) is 57.8 Å². The van der Waals surface area contributed by atoms with Gasteiger partial charge in [-0.3, -0.25) is 0 Å². The van der Waals surface area contributed by atoms with Gasteiger partial charge in [0.15, 0.2) is 17.4 Å². The van der Waals surface area contributed by atoms with Gasteiger partial charge >= 0.3 is 0 Å². The van der Waals surface area contributed by atoms with E-state index in [9.17, 15) is 0 Å². The molecular formula is C16H23N5. The summed E-state index contributed by atoms with van der Waals surface area (Å²) in [5, 5.41) is 3.40. The second kappa shape index (κ2) is 5.35. The quantitative estimate of drug-likeness (QED) is 0.730. The molecule has 0 radical (unpaired) electrons. The lowest BCUT2D eigenvalue weighted by molar-refractivity contribution is 0.329. The Morgan fingerprint density at radius 3 is 2.19 bits per heavy atom. The fourth-order valence-electron chi connectivity index (χ4n) is 3.51. The molecule has 5 aliphatic heterocycles. The summed E-state index contributed by atoms with van der Waals surface area (Å²) in [7, 11) is 0. The maximum Gasteiger partial charge on any atom is 0.230 e. The molecule has 1 unspecified atom stereocenters. The van der Waals surface area contributed by atoms with Crippen molar-refractivity contribution in [3.8, 4) is 0 Å². The Balaban J connectivity index is 1.50. The first-order valence-electron chi connectivity index (χ1n) is 8.50. The monoisotopic (exact) mass is 285 g/mol. The van der Waals surface area contributed by atoms with Crippen molar-refractivity contribution >= 4 is 23.2 Å². The number of nitrogens with zero attached hydrogens (tertiary/aromatic N) is 4. The van der Waals surface area contributed by atoms with E-state index in [2.05, 4.69) is 20.3 Å². The molecule has 5 rings (SSSR count). The van der Waals surface area contributed by atoms with Crippen molar-refractivity contribution in [1.29, 1.82) is 0 Å². The molecule has 1 N–H and O–H groups in total. The first-order valence-corrected chi connectivity index (χ1v) is 8.50. The maximum atomic E-state index is 4.73. The van der Waals surface area contributed by atoms with Crippen molar-refractivity contribution in [2.75, 3.05) is 0 Å². The van der Waals surface area contributed by atoms with Gasteiger partial charge in [-0.1, -0.05) is 44.9 Å². The van der Waals surface area contributed by atoms with Crippen LogP contribution in [0.1, 0.15) is 70.6 Å². The molecule has 0 aromatic rings. The SMILES string of the molecule is C1CCCCCC2=NC3=NC4(CCCCC1)N=C(N4)C3=N2. The molecule has 5 heterocycles. The van der Waals surface area contributed by atoms with Crippen LogP contribution in [0, 0.1) is 0 Å². The van der Waals surface area contributed by atoms with Crippen LogP contribution in [0.2, 0.25) is 0 Å². The van der Waals surface area contributed by atoms with Gasteiger partial charge in [-0.05, 0) is 12.8 Å². The summed E-state index contributed by atoms with van der Waals surface area (Å²) in [5.41, 5.74) is 0.871. The zero-order chi connectivity index (χ0) is 14.1. The summed E-state index contributed by atoms with van der Waals surface area (Å²) >= 11 is 0. The van der Waals surface area contributed by atoms with Crippen molar-refractivity contribution in [2.45, 2.75) is 76.4 Å². The second-order valence-corrected chi connectivity index (χ2v) is 6.51. The summed E-state index contributed by atoms with van der Waals surface area (Å²) in [6.45, 7) is 0. The Bertz CT molecular complexity index is 557. The zero-order valence-corrected chi connectivity index (χ0v) is 12.6. The minimum Gasteiger partial charge on any atom is -0.326 e. The normalized spacial score (nSPS) is 32.4. The molecule has 0 aromatic carbocycles. The van der Waals surface area contributed by atoms with Gasteiger partial charge in [-0.25, -0.2) is 20.0 Å². The van der Waals surface area contributed by atoms with Crippen LogP contribution in [0.3, 0.4) is 0 Å². The highest BCUT2D eigenvalue weighted by molar-refractivity contribution is 6.72. The predicted molar refractivity (Wildman–Crippen MR) is 86.4 cm³/mol. The molecule has 1 spiro atoms. The van der Waals surface area contributed by atoms with Gasteiger partial charge in [-0.2, -0.15) is 0 Å². The molecule has 21 heavy (non-hydrogen) atoms. The Morgan fingerprint density at radius 2 is 1.43 bits per heavy atom. The lowest BCUT2D eigenvalue weighted by atomic mass is 10.0. The minimum atomic E-state index is -0.403. The van der Waals surface area contributed by atoms with E-state index < -0.39 is 5.79 Å². The van der Waals surface area contributed by atoms with Crippen LogP contribution in [-0.4, -0.2) is 29.0 Å². The van der Waals surface area contributed by atoms with E-state index in [1.54, 1.807) is 0 Å². The highest BCUT2D eigenvalue weighted by Crippen LogP contribution is 2.31. The summed E-state index contributed by atoms with van der Waals surface area (Å²) in [5.74, 6) is 2.27. The number of aliphatic imine (C=N–C) groups is 4. The van der Waals surface area contributed by atoms with Crippen LogP contribution in [0.25, 0.3) is 0 Å². The second-order valence-electron chi connectivity index (χ2n) is 6.51. The highest BCUT2D eigenvalue weighted by Gasteiger charge is 2.46. The van der Waals surface area contributed by atoms with Crippen LogP contribution < -0.4 is 5.32 Å². The number of nitrogens with one attached hydrogen (secondary N) is 1. The topological polar surface area (TPSA) is 61.5 Å². The fourth-order valence-corrected chi connectivity index (χ4v) is 3.51. The molecule has 5 aliphatic rings. The largest absolute Gasteiger partial charge is 0.326 e.